The summed E-state index contributed by atoms with van der Waals surface area (Å²) < 4.78 is 17.7. The molecule has 1 fully saturated rings. The zero-order valence-corrected chi connectivity index (χ0v) is 21.4. The molecule has 6 nitrogen and oxygen atoms in total. The first-order valence-corrected chi connectivity index (χ1v) is 14.0. The van der Waals surface area contributed by atoms with Gasteiger partial charge in [0.05, 0.1) is 6.10 Å². The van der Waals surface area contributed by atoms with E-state index in [1.807, 2.05) is 51.1 Å². The summed E-state index contributed by atoms with van der Waals surface area (Å²) in [5.41, 5.74) is 0.279. The number of hydrogen-bond acceptors (Lipinski definition) is 5. The van der Waals surface area contributed by atoms with Gasteiger partial charge in [-0.2, -0.15) is 0 Å². The second-order valence-electron chi connectivity index (χ2n) is 10.8. The Morgan fingerprint density at radius 2 is 1.65 bits per heavy atom. The Labute approximate surface area is 188 Å². The number of benzene rings is 1. The molecule has 1 aliphatic rings. The van der Waals surface area contributed by atoms with E-state index >= 15 is 0 Å². The van der Waals surface area contributed by atoms with Gasteiger partial charge in [-0.15, -0.1) is 0 Å². The van der Waals surface area contributed by atoms with Gasteiger partial charge >= 0.3 is 12.1 Å². The zero-order valence-electron chi connectivity index (χ0n) is 20.4. The molecule has 7 heteroatoms. The Hall–Kier alpha value is -1.86. The van der Waals surface area contributed by atoms with Crippen LogP contribution in [0.1, 0.15) is 59.9 Å². The van der Waals surface area contributed by atoms with Gasteiger partial charge in [-0.3, -0.25) is 4.90 Å². The standard InChI is InChI=1S/C24H39NO5Si/c1-23(2,3)29-21(26)20-15-14-19(30-31(7,8)24(4,5)6)16-25(20)22(27)28-17-18-12-10-9-11-13-18/h9-13,19-20H,14-17H2,1-8H3/t19?,20-/m1/s1. The fourth-order valence-corrected chi connectivity index (χ4v) is 4.63. The number of ether oxygens (including phenoxy) is 2. The van der Waals surface area contributed by atoms with Gasteiger partial charge in [-0.1, -0.05) is 51.1 Å². The number of nitrogens with zero attached hydrogens (tertiary/aromatic N) is 1. The van der Waals surface area contributed by atoms with E-state index in [0.29, 0.717) is 19.4 Å². The van der Waals surface area contributed by atoms with Gasteiger partial charge in [-0.05, 0) is 57.3 Å². The minimum Gasteiger partial charge on any atom is -0.458 e. The first-order valence-electron chi connectivity index (χ1n) is 11.1. The lowest BCUT2D eigenvalue weighted by Gasteiger charge is -2.44. The van der Waals surface area contributed by atoms with Crippen molar-refractivity contribution in [3.63, 3.8) is 0 Å². The molecule has 31 heavy (non-hydrogen) atoms. The molecule has 0 spiro atoms. The number of esters is 1. The van der Waals surface area contributed by atoms with E-state index in [1.165, 1.54) is 4.90 Å². The number of amides is 1. The van der Waals surface area contributed by atoms with Gasteiger partial charge in [0.15, 0.2) is 8.32 Å². The largest absolute Gasteiger partial charge is 0.458 e. The van der Waals surface area contributed by atoms with Crippen molar-refractivity contribution in [3.8, 4) is 0 Å². The molecule has 1 unspecified atom stereocenters. The molecule has 0 radical (unpaired) electrons. The van der Waals surface area contributed by atoms with E-state index in [0.717, 1.165) is 5.56 Å². The molecule has 2 atom stereocenters. The summed E-state index contributed by atoms with van der Waals surface area (Å²) in [4.78, 5) is 27.4. The molecule has 1 aromatic carbocycles. The van der Waals surface area contributed by atoms with Gasteiger partial charge in [0, 0.05) is 6.54 Å². The van der Waals surface area contributed by atoms with Crippen molar-refractivity contribution in [1.29, 1.82) is 0 Å². The summed E-state index contributed by atoms with van der Waals surface area (Å²) in [5, 5.41) is 0.0632. The molecule has 174 valence electrons. The predicted octanol–water partition coefficient (Wildman–Crippen LogP) is 5.52. The molecule has 0 N–H and O–H groups in total. The maximum absolute atomic E-state index is 13.0. The van der Waals surface area contributed by atoms with Crippen molar-refractivity contribution in [2.24, 2.45) is 0 Å². The third-order valence-corrected chi connectivity index (χ3v) is 10.5. The average molecular weight is 450 g/mol. The van der Waals surface area contributed by atoms with Crippen molar-refractivity contribution in [1.82, 2.24) is 4.90 Å². The van der Waals surface area contributed by atoms with Gasteiger partial charge in [0.1, 0.15) is 18.2 Å². The van der Waals surface area contributed by atoms with Crippen LogP contribution in [0.4, 0.5) is 4.79 Å². The Balaban J connectivity index is 2.15. The Morgan fingerprint density at radius 1 is 1.03 bits per heavy atom. The van der Waals surface area contributed by atoms with Gasteiger partial charge in [0.25, 0.3) is 0 Å². The SMILES string of the molecule is CC(C)(C)OC(=O)[C@H]1CCC(O[Si](C)(C)C(C)(C)C)CN1C(=O)OCc1ccccc1. The van der Waals surface area contributed by atoms with Gasteiger partial charge < -0.3 is 13.9 Å². The lowest BCUT2D eigenvalue weighted by Crippen LogP contribution is -2.56. The molecule has 2 rings (SSSR count). The summed E-state index contributed by atoms with van der Waals surface area (Å²) in [6.45, 7) is 16.9. The second-order valence-corrected chi connectivity index (χ2v) is 15.6. The van der Waals surface area contributed by atoms with E-state index in [1.54, 1.807) is 0 Å². The number of carbonyl (C=O) groups excluding carboxylic acids is 2. The van der Waals surface area contributed by atoms with E-state index in [4.69, 9.17) is 13.9 Å². The Bertz CT molecular complexity index is 751. The van der Waals surface area contributed by atoms with Crippen molar-refractivity contribution in [2.45, 2.75) is 96.9 Å². The molecule has 0 aliphatic carbocycles. The highest BCUT2D eigenvalue weighted by atomic mass is 28.4. The number of piperidine rings is 1. The minimum atomic E-state index is -2.01. The molecule has 0 aromatic heterocycles. The molecule has 1 aliphatic heterocycles. The summed E-state index contributed by atoms with van der Waals surface area (Å²) in [5.74, 6) is -0.394. The predicted molar refractivity (Wildman–Crippen MR) is 124 cm³/mol. The van der Waals surface area contributed by atoms with Crippen LogP contribution in [0.3, 0.4) is 0 Å². The average Bonchev–Trinajstić information content (AvgIpc) is 2.64. The first kappa shape index (κ1) is 25.4. The normalized spacial score (nSPS) is 20.3. The third kappa shape index (κ3) is 7.35. The molecule has 1 saturated heterocycles. The van der Waals surface area contributed by atoms with Crippen LogP contribution >= 0.6 is 0 Å². The number of hydrogen-bond donors (Lipinski definition) is 0. The van der Waals surface area contributed by atoms with Crippen LogP contribution in [0.2, 0.25) is 18.1 Å². The molecule has 1 aromatic rings. The summed E-state index contributed by atoms with van der Waals surface area (Å²) in [7, 11) is -2.01. The zero-order chi connectivity index (χ0) is 23.4. The molecular formula is C24H39NO5Si. The van der Waals surface area contributed by atoms with Crippen molar-refractivity contribution < 1.29 is 23.5 Å². The van der Waals surface area contributed by atoms with E-state index in [-0.39, 0.29) is 17.7 Å². The lowest BCUT2D eigenvalue weighted by atomic mass is 10.0. The van der Waals surface area contributed by atoms with Crippen LogP contribution in [-0.2, 0) is 25.3 Å². The highest BCUT2D eigenvalue weighted by Crippen LogP contribution is 2.38. The van der Waals surface area contributed by atoms with Crippen LogP contribution in [0.5, 0.6) is 0 Å². The van der Waals surface area contributed by atoms with Crippen molar-refractivity contribution >= 4 is 20.4 Å². The number of carbonyl (C=O) groups is 2. The summed E-state index contributed by atoms with van der Waals surface area (Å²) >= 11 is 0. The van der Waals surface area contributed by atoms with E-state index in [9.17, 15) is 9.59 Å². The minimum absolute atomic E-state index is 0.0632. The third-order valence-electron chi connectivity index (χ3n) is 5.92. The first-order chi connectivity index (χ1) is 14.2. The van der Waals surface area contributed by atoms with Crippen LogP contribution in [0, 0.1) is 0 Å². The van der Waals surface area contributed by atoms with Crippen LogP contribution < -0.4 is 0 Å². The fourth-order valence-electron chi connectivity index (χ4n) is 3.25. The topological polar surface area (TPSA) is 65.1 Å². The molecule has 1 amide bonds. The Morgan fingerprint density at radius 3 is 2.19 bits per heavy atom. The quantitative estimate of drug-likeness (QED) is 0.437. The highest BCUT2D eigenvalue weighted by molar-refractivity contribution is 6.74. The fraction of sp³-hybridized carbons (Fsp3) is 0.667. The van der Waals surface area contributed by atoms with Crippen LogP contribution in [-0.4, -0.2) is 49.6 Å². The summed E-state index contributed by atoms with van der Waals surface area (Å²) in [6, 6.07) is 8.85. The maximum Gasteiger partial charge on any atom is 0.410 e. The van der Waals surface area contributed by atoms with Crippen molar-refractivity contribution in [2.75, 3.05) is 6.54 Å². The lowest BCUT2D eigenvalue weighted by molar-refractivity contribution is -0.163. The van der Waals surface area contributed by atoms with E-state index < -0.39 is 32.0 Å². The smallest absolute Gasteiger partial charge is 0.410 e. The molecule has 1 heterocycles. The van der Waals surface area contributed by atoms with Gasteiger partial charge in [0.2, 0.25) is 0 Å². The van der Waals surface area contributed by atoms with Crippen LogP contribution in [0.15, 0.2) is 30.3 Å². The number of likely N-dealkylation sites (tertiary alicyclic amines) is 1. The second kappa shape index (κ2) is 9.73. The molecule has 0 saturated carbocycles. The summed E-state index contributed by atoms with van der Waals surface area (Å²) in [6.07, 6.45) is 0.570. The van der Waals surface area contributed by atoms with Crippen LogP contribution in [0.25, 0.3) is 0 Å². The monoisotopic (exact) mass is 449 g/mol. The number of rotatable bonds is 5. The van der Waals surface area contributed by atoms with Gasteiger partial charge in [-0.25, -0.2) is 9.59 Å². The molecular weight excluding hydrogens is 410 g/mol. The Kier molecular flexibility index (Phi) is 7.98. The molecule has 0 bridgehead atoms. The van der Waals surface area contributed by atoms with Crippen molar-refractivity contribution in [3.05, 3.63) is 35.9 Å². The maximum atomic E-state index is 13.0. The van der Waals surface area contributed by atoms with E-state index in [2.05, 4.69) is 33.9 Å². The highest BCUT2D eigenvalue weighted by Gasteiger charge is 2.44.